The molecule has 13 aromatic rings. The smallest absolute Gasteiger partial charge is 0.143 e. The van der Waals surface area contributed by atoms with E-state index in [9.17, 15) is 0 Å². The molecule has 2 heterocycles. The van der Waals surface area contributed by atoms with E-state index in [4.69, 9.17) is 4.42 Å². The van der Waals surface area contributed by atoms with Crippen LogP contribution in [0.4, 0.5) is 17.1 Å². The topological polar surface area (TPSA) is 21.3 Å². The van der Waals surface area contributed by atoms with Crippen LogP contribution in [0.5, 0.6) is 0 Å². The predicted octanol–water partition coefficient (Wildman–Crippen LogP) is 18.0. The average Bonchev–Trinajstić information content (AvgIpc) is 3.95. The molecule has 0 fully saturated rings. The van der Waals surface area contributed by atoms with Gasteiger partial charge in [-0.3, -0.25) is 0 Å². The predicted molar refractivity (Wildman–Crippen MR) is 282 cm³/mol. The molecule has 13 rings (SSSR count). The molecule has 0 aliphatic rings. The second-order valence-electron chi connectivity index (χ2n) is 17.3. The maximum atomic E-state index is 6.63. The summed E-state index contributed by atoms with van der Waals surface area (Å²) >= 11 is 0. The summed E-state index contributed by atoms with van der Waals surface area (Å²) in [4.78, 5) is 2.38. The molecule has 314 valence electrons. The van der Waals surface area contributed by atoms with E-state index in [0.29, 0.717) is 0 Å². The fraction of sp³-hybridized carbons (Fsp3) is 0. The van der Waals surface area contributed by atoms with E-state index in [1.807, 2.05) is 6.07 Å². The number of furan rings is 1. The average molecular weight is 855 g/mol. The third kappa shape index (κ3) is 6.59. The third-order valence-corrected chi connectivity index (χ3v) is 13.4. The number of nitrogens with zero attached hydrogens (tertiary/aromatic N) is 2. The van der Waals surface area contributed by atoms with Crippen molar-refractivity contribution in [3.63, 3.8) is 0 Å². The highest BCUT2D eigenvalue weighted by Crippen LogP contribution is 2.45. The Morgan fingerprint density at radius 2 is 0.836 bits per heavy atom. The number of hydrogen-bond donors (Lipinski definition) is 0. The van der Waals surface area contributed by atoms with Crippen LogP contribution in [0, 0.1) is 0 Å². The SMILES string of the molecule is c1cc(-c2ccc(N(c3ccc(-c4ccc5ccccc5c4)cc3)c3ccccc3-c3cccc4c3oc3ccccc34)cc2)cc(-c2ccccc2-n2c3ccccc3c3ccccc32)c1. The number of benzene rings is 11. The van der Waals surface area contributed by atoms with Crippen LogP contribution in [0.15, 0.2) is 259 Å². The van der Waals surface area contributed by atoms with Crippen molar-refractivity contribution in [3.05, 3.63) is 255 Å². The van der Waals surface area contributed by atoms with Gasteiger partial charge in [0.1, 0.15) is 11.2 Å². The molecule has 3 nitrogen and oxygen atoms in total. The summed E-state index contributed by atoms with van der Waals surface area (Å²) in [5.74, 6) is 0. The van der Waals surface area contributed by atoms with Crippen molar-refractivity contribution in [3.8, 4) is 50.2 Å². The van der Waals surface area contributed by atoms with Crippen LogP contribution >= 0.6 is 0 Å². The molecule has 2 aromatic heterocycles. The molecule has 0 saturated carbocycles. The van der Waals surface area contributed by atoms with Gasteiger partial charge in [0.2, 0.25) is 0 Å². The molecule has 0 radical (unpaired) electrons. The van der Waals surface area contributed by atoms with Crippen molar-refractivity contribution in [2.75, 3.05) is 4.90 Å². The van der Waals surface area contributed by atoms with Crippen LogP contribution in [0.25, 0.3) is 105 Å². The van der Waals surface area contributed by atoms with Gasteiger partial charge in [-0.15, -0.1) is 0 Å². The van der Waals surface area contributed by atoms with Gasteiger partial charge in [0, 0.05) is 49.6 Å². The molecule has 0 amide bonds. The van der Waals surface area contributed by atoms with Gasteiger partial charge in [-0.05, 0) is 105 Å². The van der Waals surface area contributed by atoms with Crippen molar-refractivity contribution >= 4 is 71.6 Å². The zero-order chi connectivity index (χ0) is 44.3. The van der Waals surface area contributed by atoms with E-state index in [0.717, 1.165) is 66.9 Å². The zero-order valence-corrected chi connectivity index (χ0v) is 36.6. The van der Waals surface area contributed by atoms with E-state index in [-0.39, 0.29) is 0 Å². The quantitative estimate of drug-likeness (QED) is 0.152. The van der Waals surface area contributed by atoms with Crippen LogP contribution in [-0.2, 0) is 0 Å². The van der Waals surface area contributed by atoms with Crippen molar-refractivity contribution in [1.82, 2.24) is 4.57 Å². The monoisotopic (exact) mass is 854 g/mol. The molecule has 0 atom stereocenters. The number of aromatic nitrogens is 1. The van der Waals surface area contributed by atoms with Gasteiger partial charge < -0.3 is 13.9 Å². The molecule has 0 aliphatic heterocycles. The molecule has 67 heavy (non-hydrogen) atoms. The van der Waals surface area contributed by atoms with Gasteiger partial charge in [0.05, 0.1) is 22.4 Å². The maximum absolute atomic E-state index is 6.63. The minimum Gasteiger partial charge on any atom is -0.455 e. The molecule has 0 spiro atoms. The summed E-state index contributed by atoms with van der Waals surface area (Å²) in [7, 11) is 0. The Balaban J connectivity index is 0.915. The van der Waals surface area contributed by atoms with Gasteiger partial charge in [0.25, 0.3) is 0 Å². The molecule has 0 saturated heterocycles. The lowest BCUT2D eigenvalue weighted by atomic mass is 9.97. The molecule has 3 heteroatoms. The Morgan fingerprint density at radius 1 is 0.313 bits per heavy atom. The Bertz CT molecular complexity index is 3930. The van der Waals surface area contributed by atoms with Gasteiger partial charge in [-0.25, -0.2) is 0 Å². The molecular weight excluding hydrogens is 813 g/mol. The molecule has 0 aliphatic carbocycles. The minimum absolute atomic E-state index is 0.887. The van der Waals surface area contributed by atoms with Gasteiger partial charge in [0.15, 0.2) is 0 Å². The van der Waals surface area contributed by atoms with Crippen LogP contribution in [-0.4, -0.2) is 4.57 Å². The highest BCUT2D eigenvalue weighted by molar-refractivity contribution is 6.11. The van der Waals surface area contributed by atoms with Crippen LogP contribution in [0.3, 0.4) is 0 Å². The van der Waals surface area contributed by atoms with Crippen LogP contribution in [0.1, 0.15) is 0 Å². The first-order valence-corrected chi connectivity index (χ1v) is 22.9. The van der Waals surface area contributed by atoms with Crippen molar-refractivity contribution < 1.29 is 4.42 Å². The normalized spacial score (nSPS) is 11.6. The fourth-order valence-electron chi connectivity index (χ4n) is 10.2. The Labute approximate surface area is 388 Å². The molecule has 11 aromatic carbocycles. The highest BCUT2D eigenvalue weighted by Gasteiger charge is 2.21. The van der Waals surface area contributed by atoms with E-state index >= 15 is 0 Å². The molecular formula is C64H42N2O. The second kappa shape index (κ2) is 16.0. The molecule has 0 unspecified atom stereocenters. The van der Waals surface area contributed by atoms with E-state index in [1.54, 1.807) is 0 Å². The van der Waals surface area contributed by atoms with Crippen molar-refractivity contribution in [2.24, 2.45) is 0 Å². The lowest BCUT2D eigenvalue weighted by Gasteiger charge is -2.28. The minimum atomic E-state index is 0.887. The summed E-state index contributed by atoms with van der Waals surface area (Å²) in [5, 5.41) is 7.21. The lowest BCUT2D eigenvalue weighted by molar-refractivity contribution is 0.670. The van der Waals surface area contributed by atoms with E-state index in [1.165, 1.54) is 54.8 Å². The summed E-state index contributed by atoms with van der Waals surface area (Å²) in [6.07, 6.45) is 0. The standard InChI is InChI=1S/C64H42N2O/c1-2-16-46-41-48(32-31-43(46)15-1)45-35-39-51(40-36-45)65(60-27-9-6-22-55(60)57-24-14-25-58-56-23-7-12-30-63(56)67-64(57)58)50-37-33-44(34-38-50)47-17-13-18-49(42-47)52-19-3-8-26-59(52)66-61-28-10-4-20-53(61)54-21-5-11-29-62(54)66/h1-42H. The first-order chi connectivity index (χ1) is 33.2. The van der Waals surface area contributed by atoms with Crippen LogP contribution in [0.2, 0.25) is 0 Å². The number of hydrogen-bond acceptors (Lipinski definition) is 2. The van der Waals surface area contributed by atoms with E-state index < -0.39 is 0 Å². The largest absolute Gasteiger partial charge is 0.455 e. The number of rotatable bonds is 8. The van der Waals surface area contributed by atoms with Crippen molar-refractivity contribution in [2.45, 2.75) is 0 Å². The van der Waals surface area contributed by atoms with Gasteiger partial charge in [-0.1, -0.05) is 188 Å². The third-order valence-electron chi connectivity index (χ3n) is 13.4. The summed E-state index contributed by atoms with van der Waals surface area (Å²) in [6.45, 7) is 0. The fourth-order valence-corrected chi connectivity index (χ4v) is 10.2. The summed E-state index contributed by atoms with van der Waals surface area (Å²) in [5.41, 5.74) is 17.7. The second-order valence-corrected chi connectivity index (χ2v) is 17.3. The zero-order valence-electron chi connectivity index (χ0n) is 36.6. The van der Waals surface area contributed by atoms with E-state index in [2.05, 4.69) is 258 Å². The van der Waals surface area contributed by atoms with Gasteiger partial charge in [-0.2, -0.15) is 0 Å². The number of para-hydroxylation sites is 6. The van der Waals surface area contributed by atoms with Crippen LogP contribution < -0.4 is 4.90 Å². The Kier molecular flexibility index (Phi) is 9.17. The van der Waals surface area contributed by atoms with Crippen molar-refractivity contribution in [1.29, 1.82) is 0 Å². The molecule has 0 bridgehead atoms. The summed E-state index contributed by atoms with van der Waals surface area (Å²) in [6, 6.07) is 91.9. The molecule has 0 N–H and O–H groups in total. The number of anilines is 3. The Morgan fingerprint density at radius 3 is 1.58 bits per heavy atom. The first-order valence-electron chi connectivity index (χ1n) is 22.9. The Hall–Kier alpha value is -8.92. The van der Waals surface area contributed by atoms with Gasteiger partial charge >= 0.3 is 0 Å². The lowest BCUT2D eigenvalue weighted by Crippen LogP contribution is -2.11. The first kappa shape index (κ1) is 38.5. The maximum Gasteiger partial charge on any atom is 0.143 e. The highest BCUT2D eigenvalue weighted by atomic mass is 16.3. The summed E-state index contributed by atoms with van der Waals surface area (Å²) < 4.78 is 9.05. The number of fused-ring (bicyclic) bond motifs is 7.